The summed E-state index contributed by atoms with van der Waals surface area (Å²) < 4.78 is 1.75. The second kappa shape index (κ2) is 4.89. The Hall–Kier alpha value is -2.48. The molecule has 5 heteroatoms. The van der Waals surface area contributed by atoms with Gasteiger partial charge in [-0.1, -0.05) is 0 Å². The van der Waals surface area contributed by atoms with Gasteiger partial charge in [0.25, 0.3) is 0 Å². The third-order valence-electron chi connectivity index (χ3n) is 3.67. The van der Waals surface area contributed by atoms with Crippen LogP contribution in [0.4, 0.5) is 11.4 Å². The van der Waals surface area contributed by atoms with Gasteiger partial charge in [-0.25, -0.2) is 0 Å². The highest BCUT2D eigenvalue weighted by Gasteiger charge is 2.17. The number of nitrogens with one attached hydrogen (secondary N) is 1. The molecule has 0 amide bonds. The van der Waals surface area contributed by atoms with Crippen LogP contribution >= 0.6 is 0 Å². The Kier molecular flexibility index (Phi) is 3.07. The van der Waals surface area contributed by atoms with Crippen molar-refractivity contribution in [3.63, 3.8) is 0 Å². The monoisotopic (exact) mass is 267 g/mol. The Bertz CT molecular complexity index is 680. The van der Waals surface area contributed by atoms with Gasteiger partial charge >= 0.3 is 0 Å². The lowest BCUT2D eigenvalue weighted by molar-refractivity contribution is 0.768. The van der Waals surface area contributed by atoms with Crippen LogP contribution in [-0.4, -0.2) is 29.9 Å². The first-order valence-corrected chi connectivity index (χ1v) is 6.71. The summed E-state index contributed by atoms with van der Waals surface area (Å²) in [6.07, 6.45) is 4.83. The standard InChI is InChI=1S/C15H17N5/c1-19-5-3-4-17-14-6-11(8-16)13(7-15(14)19)12-9-18-20(2)10-12/h6-7,9-10,17H,3-5H2,1-2H3. The molecule has 0 aliphatic carbocycles. The van der Waals surface area contributed by atoms with E-state index in [1.165, 1.54) is 0 Å². The maximum Gasteiger partial charge on any atom is 0.0999 e. The fourth-order valence-electron chi connectivity index (χ4n) is 2.60. The fourth-order valence-corrected chi connectivity index (χ4v) is 2.60. The number of anilines is 2. The molecule has 0 spiro atoms. The van der Waals surface area contributed by atoms with Gasteiger partial charge in [-0.15, -0.1) is 0 Å². The minimum Gasteiger partial charge on any atom is -0.383 e. The Morgan fingerprint density at radius 1 is 1.35 bits per heavy atom. The van der Waals surface area contributed by atoms with Crippen LogP contribution in [0.3, 0.4) is 0 Å². The molecule has 2 aromatic rings. The van der Waals surface area contributed by atoms with Gasteiger partial charge < -0.3 is 10.2 Å². The molecular weight excluding hydrogens is 250 g/mol. The molecule has 1 aromatic carbocycles. The van der Waals surface area contributed by atoms with Crippen molar-refractivity contribution < 1.29 is 0 Å². The molecule has 102 valence electrons. The SMILES string of the molecule is CN1CCCNc2cc(C#N)c(-c3cnn(C)c3)cc21. The van der Waals surface area contributed by atoms with Crippen molar-refractivity contribution in [1.82, 2.24) is 9.78 Å². The fraction of sp³-hybridized carbons (Fsp3) is 0.333. The van der Waals surface area contributed by atoms with Crippen molar-refractivity contribution in [1.29, 1.82) is 5.26 Å². The number of nitrogens with zero attached hydrogens (tertiary/aromatic N) is 4. The highest BCUT2D eigenvalue weighted by molar-refractivity contribution is 5.82. The molecule has 0 saturated heterocycles. The summed E-state index contributed by atoms with van der Waals surface area (Å²) >= 11 is 0. The van der Waals surface area contributed by atoms with E-state index < -0.39 is 0 Å². The summed E-state index contributed by atoms with van der Waals surface area (Å²) in [6.45, 7) is 1.95. The van der Waals surface area contributed by atoms with Gasteiger partial charge in [-0.2, -0.15) is 10.4 Å². The van der Waals surface area contributed by atoms with E-state index in [0.29, 0.717) is 5.56 Å². The molecule has 1 aromatic heterocycles. The van der Waals surface area contributed by atoms with Crippen LogP contribution in [0.15, 0.2) is 24.5 Å². The molecule has 0 atom stereocenters. The molecule has 0 fully saturated rings. The summed E-state index contributed by atoms with van der Waals surface area (Å²) in [6, 6.07) is 6.32. The second-order valence-electron chi connectivity index (χ2n) is 5.13. The van der Waals surface area contributed by atoms with E-state index in [0.717, 1.165) is 42.0 Å². The van der Waals surface area contributed by atoms with Crippen molar-refractivity contribution in [2.75, 3.05) is 30.4 Å². The van der Waals surface area contributed by atoms with E-state index in [-0.39, 0.29) is 0 Å². The lowest BCUT2D eigenvalue weighted by Crippen LogP contribution is -2.17. The van der Waals surface area contributed by atoms with Crippen LogP contribution < -0.4 is 10.2 Å². The van der Waals surface area contributed by atoms with Crippen molar-refractivity contribution in [3.05, 3.63) is 30.1 Å². The van der Waals surface area contributed by atoms with Crippen molar-refractivity contribution in [2.24, 2.45) is 7.05 Å². The van der Waals surface area contributed by atoms with Gasteiger partial charge in [0.1, 0.15) is 0 Å². The van der Waals surface area contributed by atoms with Gasteiger partial charge in [0.05, 0.1) is 29.2 Å². The molecule has 3 rings (SSSR count). The average Bonchev–Trinajstić information content (AvgIpc) is 2.80. The zero-order valence-electron chi connectivity index (χ0n) is 11.7. The summed E-state index contributed by atoms with van der Waals surface area (Å²) in [5.41, 5.74) is 4.77. The molecule has 5 nitrogen and oxygen atoms in total. The Balaban J connectivity index is 2.17. The normalized spacial score (nSPS) is 14.2. The molecule has 20 heavy (non-hydrogen) atoms. The number of nitriles is 1. The highest BCUT2D eigenvalue weighted by Crippen LogP contribution is 2.35. The van der Waals surface area contributed by atoms with Crippen LogP contribution in [0, 0.1) is 11.3 Å². The molecule has 1 N–H and O–H groups in total. The smallest absolute Gasteiger partial charge is 0.0999 e. The summed E-state index contributed by atoms with van der Waals surface area (Å²) in [4.78, 5) is 2.23. The predicted octanol–water partition coefficient (Wildman–Crippen LogP) is 2.21. The number of benzene rings is 1. The lowest BCUT2D eigenvalue weighted by Gasteiger charge is -2.20. The topological polar surface area (TPSA) is 56.9 Å². The Labute approximate surface area is 118 Å². The van der Waals surface area contributed by atoms with Crippen LogP contribution in [0.5, 0.6) is 0 Å². The number of aromatic nitrogens is 2. The third-order valence-corrected chi connectivity index (χ3v) is 3.67. The maximum atomic E-state index is 9.41. The highest BCUT2D eigenvalue weighted by atomic mass is 15.2. The maximum absolute atomic E-state index is 9.41. The zero-order chi connectivity index (χ0) is 14.1. The number of hydrogen-bond donors (Lipinski definition) is 1. The van der Waals surface area contributed by atoms with E-state index in [1.54, 1.807) is 10.9 Å². The quantitative estimate of drug-likeness (QED) is 0.860. The summed E-state index contributed by atoms with van der Waals surface area (Å²) in [7, 11) is 3.97. The van der Waals surface area contributed by atoms with Gasteiger partial charge in [-0.3, -0.25) is 4.68 Å². The number of fused-ring (bicyclic) bond motifs is 1. The van der Waals surface area contributed by atoms with Crippen LogP contribution in [0.2, 0.25) is 0 Å². The van der Waals surface area contributed by atoms with Gasteiger partial charge in [0, 0.05) is 44.5 Å². The molecule has 0 radical (unpaired) electrons. The van der Waals surface area contributed by atoms with Crippen LogP contribution in [0.1, 0.15) is 12.0 Å². The largest absolute Gasteiger partial charge is 0.383 e. The van der Waals surface area contributed by atoms with Crippen molar-refractivity contribution >= 4 is 11.4 Å². The average molecular weight is 267 g/mol. The van der Waals surface area contributed by atoms with E-state index in [4.69, 9.17) is 0 Å². The number of aryl methyl sites for hydroxylation is 1. The molecular formula is C15H17N5. The number of rotatable bonds is 1. The Morgan fingerprint density at radius 2 is 2.20 bits per heavy atom. The van der Waals surface area contributed by atoms with Crippen molar-refractivity contribution in [2.45, 2.75) is 6.42 Å². The van der Waals surface area contributed by atoms with Gasteiger partial charge in [0.15, 0.2) is 0 Å². The summed E-state index contributed by atoms with van der Waals surface area (Å²) in [5.74, 6) is 0. The molecule has 0 unspecified atom stereocenters. The molecule has 2 heterocycles. The number of hydrogen-bond acceptors (Lipinski definition) is 4. The minimum atomic E-state index is 0.680. The zero-order valence-corrected chi connectivity index (χ0v) is 11.7. The first-order valence-electron chi connectivity index (χ1n) is 6.71. The van der Waals surface area contributed by atoms with Gasteiger partial charge in [-0.05, 0) is 18.6 Å². The predicted molar refractivity (Wildman–Crippen MR) is 79.7 cm³/mol. The molecule has 1 aliphatic rings. The molecule has 0 saturated carbocycles. The van der Waals surface area contributed by atoms with Crippen LogP contribution in [0.25, 0.3) is 11.1 Å². The van der Waals surface area contributed by atoms with E-state index in [9.17, 15) is 5.26 Å². The minimum absolute atomic E-state index is 0.680. The van der Waals surface area contributed by atoms with E-state index in [1.807, 2.05) is 19.3 Å². The first kappa shape index (κ1) is 12.5. The summed E-state index contributed by atoms with van der Waals surface area (Å²) in [5, 5.41) is 17.0. The Morgan fingerprint density at radius 3 is 2.90 bits per heavy atom. The van der Waals surface area contributed by atoms with Crippen LogP contribution in [-0.2, 0) is 7.05 Å². The van der Waals surface area contributed by atoms with Crippen molar-refractivity contribution in [3.8, 4) is 17.2 Å². The lowest BCUT2D eigenvalue weighted by atomic mass is 10.0. The first-order chi connectivity index (χ1) is 9.69. The van der Waals surface area contributed by atoms with E-state index >= 15 is 0 Å². The third kappa shape index (κ3) is 2.10. The second-order valence-corrected chi connectivity index (χ2v) is 5.13. The molecule has 1 aliphatic heterocycles. The molecule has 0 bridgehead atoms. The van der Waals surface area contributed by atoms with Gasteiger partial charge in [0.2, 0.25) is 0 Å². The van der Waals surface area contributed by atoms with E-state index in [2.05, 4.69) is 34.5 Å².